The van der Waals surface area contributed by atoms with Crippen LogP contribution in [0.15, 0.2) is 24.4 Å². The molecule has 0 aromatic heterocycles. The van der Waals surface area contributed by atoms with Gasteiger partial charge in [0, 0.05) is 13.1 Å². The van der Waals surface area contributed by atoms with Crippen LogP contribution < -0.4 is 0 Å². The van der Waals surface area contributed by atoms with Crippen LogP contribution in [0.3, 0.4) is 0 Å². The van der Waals surface area contributed by atoms with Crippen LogP contribution in [0.5, 0.6) is 0 Å². The molecule has 0 aromatic carbocycles. The lowest BCUT2D eigenvalue weighted by molar-refractivity contribution is 0.392. The lowest BCUT2D eigenvalue weighted by Gasteiger charge is -2.20. The average Bonchev–Trinajstić information content (AvgIpc) is 2.42. The van der Waals surface area contributed by atoms with Gasteiger partial charge in [-0.1, -0.05) is 76.9 Å². The molecular formula is C17H31N. The maximum atomic E-state index is 2.41. The Morgan fingerprint density at radius 3 is 1.94 bits per heavy atom. The first-order valence-corrected chi connectivity index (χ1v) is 8.01. The highest BCUT2D eigenvalue weighted by Crippen LogP contribution is 2.11. The van der Waals surface area contributed by atoms with E-state index in [1.54, 1.807) is 0 Å². The Labute approximate surface area is 114 Å². The highest BCUT2D eigenvalue weighted by Gasteiger charge is 1.98. The van der Waals surface area contributed by atoms with E-state index in [9.17, 15) is 0 Å². The maximum absolute atomic E-state index is 2.41. The Kier molecular flexibility index (Phi) is 9.69. The standard InChI is InChI=1S/C17H31N/c1-2-3-4-5-6-7-8-9-10-12-15-18-16-13-11-14-17-18/h11,13-14,16H,2-10,12,15,17H2,1H3. The Morgan fingerprint density at radius 2 is 1.39 bits per heavy atom. The van der Waals surface area contributed by atoms with Crippen LogP contribution in [0, 0.1) is 0 Å². The third kappa shape index (κ3) is 8.38. The van der Waals surface area contributed by atoms with Crippen molar-refractivity contribution in [3.63, 3.8) is 0 Å². The van der Waals surface area contributed by atoms with Gasteiger partial charge in [-0.2, -0.15) is 0 Å². The molecule has 0 fully saturated rings. The van der Waals surface area contributed by atoms with E-state index in [1.165, 1.54) is 70.8 Å². The fourth-order valence-electron chi connectivity index (χ4n) is 2.48. The Balaban J connectivity index is 1.76. The van der Waals surface area contributed by atoms with Crippen molar-refractivity contribution >= 4 is 0 Å². The summed E-state index contributed by atoms with van der Waals surface area (Å²) >= 11 is 0. The van der Waals surface area contributed by atoms with Gasteiger partial charge in [-0.15, -0.1) is 0 Å². The van der Waals surface area contributed by atoms with Gasteiger partial charge in [-0.3, -0.25) is 0 Å². The van der Waals surface area contributed by atoms with E-state index >= 15 is 0 Å². The number of unbranched alkanes of at least 4 members (excludes halogenated alkanes) is 9. The molecule has 0 aromatic rings. The van der Waals surface area contributed by atoms with Gasteiger partial charge in [0.05, 0.1) is 0 Å². The van der Waals surface area contributed by atoms with Gasteiger partial charge in [0.15, 0.2) is 0 Å². The molecule has 0 bridgehead atoms. The minimum atomic E-state index is 1.11. The predicted molar refractivity (Wildman–Crippen MR) is 81.7 cm³/mol. The molecule has 0 saturated heterocycles. The number of hydrogen-bond donors (Lipinski definition) is 0. The molecule has 1 aliphatic heterocycles. The molecule has 1 heteroatoms. The van der Waals surface area contributed by atoms with Crippen LogP contribution in [0.25, 0.3) is 0 Å². The zero-order chi connectivity index (χ0) is 12.9. The number of rotatable bonds is 11. The van der Waals surface area contributed by atoms with Crippen LogP contribution in [-0.4, -0.2) is 18.0 Å². The third-order valence-electron chi connectivity index (χ3n) is 3.68. The molecule has 0 saturated carbocycles. The van der Waals surface area contributed by atoms with Crippen LogP contribution >= 0.6 is 0 Å². The van der Waals surface area contributed by atoms with E-state index in [-0.39, 0.29) is 0 Å². The first kappa shape index (κ1) is 15.3. The molecule has 0 aliphatic carbocycles. The summed E-state index contributed by atoms with van der Waals surface area (Å²) < 4.78 is 0. The average molecular weight is 249 g/mol. The Morgan fingerprint density at radius 1 is 0.778 bits per heavy atom. The number of hydrogen-bond acceptors (Lipinski definition) is 1. The highest BCUT2D eigenvalue weighted by molar-refractivity contribution is 5.08. The second kappa shape index (κ2) is 11.4. The molecule has 0 N–H and O–H groups in total. The monoisotopic (exact) mass is 249 g/mol. The molecule has 104 valence electrons. The summed E-state index contributed by atoms with van der Waals surface area (Å²) in [7, 11) is 0. The molecule has 0 amide bonds. The molecule has 18 heavy (non-hydrogen) atoms. The predicted octanol–water partition coefficient (Wildman–Crippen LogP) is 5.29. The lowest BCUT2D eigenvalue weighted by Crippen LogP contribution is -2.19. The van der Waals surface area contributed by atoms with Gasteiger partial charge in [0.25, 0.3) is 0 Å². The summed E-state index contributed by atoms with van der Waals surface area (Å²) in [6.45, 7) is 4.62. The zero-order valence-electron chi connectivity index (χ0n) is 12.2. The molecule has 0 atom stereocenters. The Hall–Kier alpha value is -0.720. The van der Waals surface area contributed by atoms with Crippen molar-refractivity contribution in [2.24, 2.45) is 0 Å². The van der Waals surface area contributed by atoms with Crippen molar-refractivity contribution in [1.82, 2.24) is 4.90 Å². The fourth-order valence-corrected chi connectivity index (χ4v) is 2.48. The van der Waals surface area contributed by atoms with Crippen molar-refractivity contribution in [3.8, 4) is 0 Å². The summed E-state index contributed by atoms with van der Waals surface area (Å²) in [6.07, 6.45) is 23.0. The van der Waals surface area contributed by atoms with Crippen LogP contribution in [0.1, 0.15) is 71.1 Å². The highest BCUT2D eigenvalue weighted by atomic mass is 15.1. The van der Waals surface area contributed by atoms with Gasteiger partial charge in [0.1, 0.15) is 0 Å². The largest absolute Gasteiger partial charge is 0.374 e. The van der Waals surface area contributed by atoms with Crippen LogP contribution in [-0.2, 0) is 0 Å². The van der Waals surface area contributed by atoms with Gasteiger partial charge in [-0.25, -0.2) is 0 Å². The third-order valence-corrected chi connectivity index (χ3v) is 3.68. The van der Waals surface area contributed by atoms with E-state index in [0.29, 0.717) is 0 Å². The summed E-state index contributed by atoms with van der Waals surface area (Å²) in [5.74, 6) is 0. The minimum Gasteiger partial charge on any atom is -0.374 e. The lowest BCUT2D eigenvalue weighted by atomic mass is 10.1. The van der Waals surface area contributed by atoms with Gasteiger partial charge < -0.3 is 4.90 Å². The summed E-state index contributed by atoms with van der Waals surface area (Å²) in [5.41, 5.74) is 0. The second-order valence-corrected chi connectivity index (χ2v) is 5.45. The normalized spacial score (nSPS) is 14.4. The van der Waals surface area contributed by atoms with Crippen LogP contribution in [0.2, 0.25) is 0 Å². The summed E-state index contributed by atoms with van der Waals surface area (Å²) in [6, 6.07) is 0. The summed E-state index contributed by atoms with van der Waals surface area (Å²) in [5, 5.41) is 0. The van der Waals surface area contributed by atoms with Crippen molar-refractivity contribution in [1.29, 1.82) is 0 Å². The molecule has 1 heterocycles. The second-order valence-electron chi connectivity index (χ2n) is 5.45. The molecular weight excluding hydrogens is 218 g/mol. The molecule has 1 aliphatic rings. The van der Waals surface area contributed by atoms with E-state index in [2.05, 4.69) is 36.3 Å². The van der Waals surface area contributed by atoms with Gasteiger partial charge >= 0.3 is 0 Å². The van der Waals surface area contributed by atoms with E-state index in [4.69, 9.17) is 0 Å². The SMILES string of the molecule is CCCCCCCCCCCCN1C=CC=CC1. The van der Waals surface area contributed by atoms with Crippen molar-refractivity contribution < 1.29 is 0 Å². The van der Waals surface area contributed by atoms with Crippen molar-refractivity contribution in [2.75, 3.05) is 13.1 Å². The molecule has 0 unspecified atom stereocenters. The first-order valence-electron chi connectivity index (χ1n) is 8.01. The molecule has 1 nitrogen and oxygen atoms in total. The molecule has 1 rings (SSSR count). The van der Waals surface area contributed by atoms with Crippen LogP contribution in [0.4, 0.5) is 0 Å². The van der Waals surface area contributed by atoms with Gasteiger partial charge in [0.2, 0.25) is 0 Å². The topological polar surface area (TPSA) is 3.24 Å². The smallest absolute Gasteiger partial charge is 0.0357 e. The molecule has 0 radical (unpaired) electrons. The first-order chi connectivity index (χ1) is 8.93. The number of allylic oxidation sites excluding steroid dienone is 2. The van der Waals surface area contributed by atoms with Gasteiger partial charge in [-0.05, 0) is 18.7 Å². The van der Waals surface area contributed by atoms with Crippen molar-refractivity contribution in [2.45, 2.75) is 71.1 Å². The fraction of sp³-hybridized carbons (Fsp3) is 0.765. The zero-order valence-corrected chi connectivity index (χ0v) is 12.2. The van der Waals surface area contributed by atoms with E-state index in [1.807, 2.05) is 0 Å². The number of nitrogens with zero attached hydrogens (tertiary/aromatic N) is 1. The van der Waals surface area contributed by atoms with Crippen molar-refractivity contribution in [3.05, 3.63) is 24.4 Å². The van der Waals surface area contributed by atoms with E-state index < -0.39 is 0 Å². The Bertz CT molecular complexity index is 230. The quantitative estimate of drug-likeness (QED) is 0.450. The maximum Gasteiger partial charge on any atom is 0.0357 e. The molecule has 0 spiro atoms. The summed E-state index contributed by atoms with van der Waals surface area (Å²) in [4.78, 5) is 2.41. The van der Waals surface area contributed by atoms with E-state index in [0.717, 1.165) is 6.54 Å². The minimum absolute atomic E-state index is 1.11.